The van der Waals surface area contributed by atoms with E-state index in [4.69, 9.17) is 5.11 Å². The van der Waals surface area contributed by atoms with Crippen LogP contribution in [0.15, 0.2) is 35.0 Å². The highest BCUT2D eigenvalue weighted by atomic mass is 32.1. The van der Waals surface area contributed by atoms with E-state index in [-0.39, 0.29) is 6.61 Å². The van der Waals surface area contributed by atoms with Crippen LogP contribution in [0.5, 0.6) is 0 Å². The van der Waals surface area contributed by atoms with Gasteiger partial charge in [-0.1, -0.05) is 29.8 Å². The number of thiophene rings is 1. The monoisotopic (exact) mass is 204 g/mol. The Hall–Kier alpha value is -1.12. The highest BCUT2D eigenvalue weighted by Gasteiger charge is 2.04. The van der Waals surface area contributed by atoms with Crippen molar-refractivity contribution in [3.63, 3.8) is 0 Å². The fourth-order valence-corrected chi connectivity index (χ4v) is 2.29. The van der Waals surface area contributed by atoms with Gasteiger partial charge in [0.05, 0.1) is 6.61 Å². The van der Waals surface area contributed by atoms with Crippen LogP contribution in [0.2, 0.25) is 0 Å². The molecule has 0 fully saturated rings. The molecule has 0 aliphatic rings. The van der Waals surface area contributed by atoms with Crippen molar-refractivity contribution in [3.8, 4) is 11.1 Å². The Balaban J connectivity index is 2.44. The summed E-state index contributed by atoms with van der Waals surface area (Å²) in [7, 11) is 0. The lowest BCUT2D eigenvalue weighted by Gasteiger charge is -2.01. The molecule has 0 saturated heterocycles. The van der Waals surface area contributed by atoms with Crippen molar-refractivity contribution < 1.29 is 5.11 Å². The van der Waals surface area contributed by atoms with Crippen LogP contribution in [0, 0.1) is 6.92 Å². The third-order valence-electron chi connectivity index (χ3n) is 2.28. The van der Waals surface area contributed by atoms with Gasteiger partial charge in [-0.2, -0.15) is 11.3 Å². The third-order valence-corrected chi connectivity index (χ3v) is 3.07. The Kier molecular flexibility index (Phi) is 2.66. The van der Waals surface area contributed by atoms with E-state index in [0.29, 0.717) is 0 Å². The first kappa shape index (κ1) is 9.44. The van der Waals surface area contributed by atoms with Crippen molar-refractivity contribution >= 4 is 11.3 Å². The van der Waals surface area contributed by atoms with Gasteiger partial charge in [-0.25, -0.2) is 0 Å². The Labute approximate surface area is 87.7 Å². The van der Waals surface area contributed by atoms with Crippen molar-refractivity contribution in [1.82, 2.24) is 0 Å². The molecule has 0 atom stereocenters. The Bertz CT molecular complexity index is 414. The molecule has 1 N–H and O–H groups in total. The first-order chi connectivity index (χ1) is 6.81. The molecular weight excluding hydrogens is 192 g/mol. The molecule has 2 heteroatoms. The first-order valence-electron chi connectivity index (χ1n) is 4.54. The summed E-state index contributed by atoms with van der Waals surface area (Å²) < 4.78 is 0. The summed E-state index contributed by atoms with van der Waals surface area (Å²) in [5, 5.41) is 13.2. The molecular formula is C12H12OS. The van der Waals surface area contributed by atoms with Gasteiger partial charge < -0.3 is 5.11 Å². The van der Waals surface area contributed by atoms with Crippen LogP contribution in [0.25, 0.3) is 11.1 Å². The maximum atomic E-state index is 9.13. The minimum Gasteiger partial charge on any atom is -0.392 e. The molecule has 2 aromatic rings. The van der Waals surface area contributed by atoms with E-state index in [0.717, 1.165) is 11.1 Å². The van der Waals surface area contributed by atoms with Gasteiger partial charge in [-0.15, -0.1) is 0 Å². The molecule has 0 unspecified atom stereocenters. The van der Waals surface area contributed by atoms with Crippen molar-refractivity contribution in [2.45, 2.75) is 13.5 Å². The van der Waals surface area contributed by atoms with E-state index in [2.05, 4.69) is 36.6 Å². The second-order valence-corrected chi connectivity index (χ2v) is 4.08. The van der Waals surface area contributed by atoms with Gasteiger partial charge in [0, 0.05) is 0 Å². The largest absolute Gasteiger partial charge is 0.392 e. The molecule has 72 valence electrons. The van der Waals surface area contributed by atoms with Crippen LogP contribution < -0.4 is 0 Å². The van der Waals surface area contributed by atoms with Crippen molar-refractivity contribution in [2.75, 3.05) is 0 Å². The molecule has 0 spiro atoms. The molecule has 1 nitrogen and oxygen atoms in total. The highest BCUT2D eigenvalue weighted by molar-refractivity contribution is 7.08. The molecule has 0 saturated carbocycles. The molecule has 2 rings (SSSR count). The van der Waals surface area contributed by atoms with Crippen LogP contribution in [0.3, 0.4) is 0 Å². The van der Waals surface area contributed by atoms with E-state index in [9.17, 15) is 0 Å². The average molecular weight is 204 g/mol. The van der Waals surface area contributed by atoms with Gasteiger partial charge in [0.2, 0.25) is 0 Å². The van der Waals surface area contributed by atoms with Gasteiger partial charge in [-0.05, 0) is 34.4 Å². The van der Waals surface area contributed by atoms with Gasteiger partial charge >= 0.3 is 0 Å². The van der Waals surface area contributed by atoms with Crippen LogP contribution in [-0.2, 0) is 6.61 Å². The lowest BCUT2D eigenvalue weighted by atomic mass is 10.0. The summed E-state index contributed by atoms with van der Waals surface area (Å²) in [5.41, 5.74) is 4.60. The minimum atomic E-state index is 0.118. The van der Waals surface area contributed by atoms with E-state index in [1.807, 2.05) is 5.38 Å². The number of aliphatic hydroxyl groups excluding tert-OH is 1. The Morgan fingerprint density at radius 1 is 1.14 bits per heavy atom. The summed E-state index contributed by atoms with van der Waals surface area (Å²) in [4.78, 5) is 0. The zero-order valence-corrected chi connectivity index (χ0v) is 8.84. The first-order valence-corrected chi connectivity index (χ1v) is 5.48. The smallest absolute Gasteiger partial charge is 0.0696 e. The lowest BCUT2D eigenvalue weighted by molar-refractivity contribution is 0.283. The maximum absolute atomic E-state index is 9.13. The Morgan fingerprint density at radius 2 is 1.86 bits per heavy atom. The molecule has 1 aromatic carbocycles. The van der Waals surface area contributed by atoms with E-state index >= 15 is 0 Å². The highest BCUT2D eigenvalue weighted by Crippen LogP contribution is 2.27. The van der Waals surface area contributed by atoms with E-state index in [1.165, 1.54) is 11.1 Å². The normalized spacial score (nSPS) is 10.4. The predicted molar refractivity (Wildman–Crippen MR) is 60.4 cm³/mol. The molecule has 0 bridgehead atoms. The number of hydrogen-bond acceptors (Lipinski definition) is 2. The minimum absolute atomic E-state index is 0.118. The third kappa shape index (κ3) is 1.72. The fraction of sp³-hybridized carbons (Fsp3) is 0.167. The van der Waals surface area contributed by atoms with Gasteiger partial charge in [0.15, 0.2) is 0 Å². The maximum Gasteiger partial charge on any atom is 0.0696 e. The van der Waals surface area contributed by atoms with Crippen LogP contribution in [0.4, 0.5) is 0 Å². The van der Waals surface area contributed by atoms with Gasteiger partial charge in [0.1, 0.15) is 0 Å². The standard InChI is InChI=1S/C12H12OS/c1-9-2-4-10(5-3-9)12-8-14-7-11(12)6-13/h2-5,7-8,13H,6H2,1H3. The molecule has 0 radical (unpaired) electrons. The summed E-state index contributed by atoms with van der Waals surface area (Å²) >= 11 is 1.63. The van der Waals surface area contributed by atoms with Crippen molar-refractivity contribution in [3.05, 3.63) is 46.2 Å². The van der Waals surface area contributed by atoms with E-state index in [1.54, 1.807) is 11.3 Å². The predicted octanol–water partition coefficient (Wildman–Crippen LogP) is 3.22. The van der Waals surface area contributed by atoms with Crippen molar-refractivity contribution in [2.24, 2.45) is 0 Å². The average Bonchev–Trinajstić information content (AvgIpc) is 2.67. The number of aliphatic hydroxyl groups is 1. The molecule has 0 aliphatic carbocycles. The number of hydrogen-bond donors (Lipinski definition) is 1. The second kappa shape index (κ2) is 3.95. The Morgan fingerprint density at radius 3 is 2.50 bits per heavy atom. The number of aryl methyl sites for hydroxylation is 1. The molecule has 0 amide bonds. The summed E-state index contributed by atoms with van der Waals surface area (Å²) in [6.07, 6.45) is 0. The zero-order valence-electron chi connectivity index (χ0n) is 8.03. The summed E-state index contributed by atoms with van der Waals surface area (Å²) in [5.74, 6) is 0. The number of benzene rings is 1. The number of rotatable bonds is 2. The summed E-state index contributed by atoms with van der Waals surface area (Å²) in [6.45, 7) is 2.19. The van der Waals surface area contributed by atoms with E-state index < -0.39 is 0 Å². The SMILES string of the molecule is Cc1ccc(-c2cscc2CO)cc1. The topological polar surface area (TPSA) is 20.2 Å². The molecule has 1 heterocycles. The lowest BCUT2D eigenvalue weighted by Crippen LogP contribution is -1.83. The second-order valence-electron chi connectivity index (χ2n) is 3.33. The van der Waals surface area contributed by atoms with Crippen LogP contribution in [-0.4, -0.2) is 5.11 Å². The van der Waals surface area contributed by atoms with Crippen LogP contribution in [0.1, 0.15) is 11.1 Å². The quantitative estimate of drug-likeness (QED) is 0.796. The molecule has 1 aromatic heterocycles. The molecule has 14 heavy (non-hydrogen) atoms. The summed E-state index contributed by atoms with van der Waals surface area (Å²) in [6, 6.07) is 8.37. The van der Waals surface area contributed by atoms with Crippen molar-refractivity contribution in [1.29, 1.82) is 0 Å². The van der Waals surface area contributed by atoms with Gasteiger partial charge in [-0.3, -0.25) is 0 Å². The molecule has 0 aliphatic heterocycles. The zero-order chi connectivity index (χ0) is 9.97. The van der Waals surface area contributed by atoms with Crippen LogP contribution >= 0.6 is 11.3 Å². The van der Waals surface area contributed by atoms with Gasteiger partial charge in [0.25, 0.3) is 0 Å². The fourth-order valence-electron chi connectivity index (χ4n) is 1.43.